The highest BCUT2D eigenvalue weighted by atomic mass is 79.9. The van der Waals surface area contributed by atoms with E-state index in [1.54, 1.807) is 80.3 Å². The quantitative estimate of drug-likeness (QED) is 0.0808. The lowest BCUT2D eigenvalue weighted by atomic mass is 9.84. The fourth-order valence-electron chi connectivity index (χ4n) is 15.0. The van der Waals surface area contributed by atoms with Gasteiger partial charge in [0.15, 0.2) is 0 Å². The van der Waals surface area contributed by atoms with Gasteiger partial charge in [-0.15, -0.1) is 46.4 Å². The van der Waals surface area contributed by atoms with E-state index in [0.717, 1.165) is 164 Å². The van der Waals surface area contributed by atoms with Crippen LogP contribution in [0.25, 0.3) is 65.1 Å². The van der Waals surface area contributed by atoms with Gasteiger partial charge in [0.25, 0.3) is 5.91 Å². The van der Waals surface area contributed by atoms with Crippen molar-refractivity contribution in [3.8, 4) is 82.3 Å². The minimum Gasteiger partial charge on any atom is -0.496 e. The Balaban J connectivity index is 0.000000140. The predicted molar refractivity (Wildman–Crippen MR) is 417 cm³/mol. The molecule has 3 amide bonds. The average molecular weight is 1580 g/mol. The van der Waals surface area contributed by atoms with Crippen molar-refractivity contribution in [2.75, 3.05) is 86.9 Å². The number of aromatic nitrogens is 3. The molecule has 3 aromatic carbocycles. The van der Waals surface area contributed by atoms with E-state index in [-0.39, 0.29) is 49.0 Å². The molecule has 7 aliphatic rings. The maximum atomic E-state index is 14.1. The molecule has 0 spiro atoms. The first kappa shape index (κ1) is 76.7. The van der Waals surface area contributed by atoms with Crippen molar-refractivity contribution in [1.29, 1.82) is 0 Å². The fraction of sp³-hybridized carbons (Fsp3) is 0.388. The number of carboxylic acids is 2. The standard InChI is InChI=1S/C31H35N3O5S.C21H19NO5S.C18H14BrNO3S.C10H18N2O.ClH/c1-3-39-31(37)23-18-22-21(17-26(23)38-2)10-13-34-25(19-24(28(22)34)27-9-5-16-40-27)30(36)33-12-6-11-32(14-15-33)29(35)20-7-4-8-20;1-3-27-21(25)14-10-13-12(9-17(14)26-2)6-7-22-16(20(23)24)11-15(19(13)22)18-5-4-8-28-18;1-23-15-7-10-4-5-20-14(18(21)22)9-12(16-3-2-6-24-16)17(20)11(10)8-13(15)19;13-10(9-3-1-4-9)12-7-2-5-11-6-8-12;/h5,9,16-20H,3-4,6-8,10-15H2,1-2H3;4-5,8-11H,3,6-7H2,1-2H3,(H,23,24);2-3,6-9H,4-5H2,1H3,(H,21,22);9,11H,1-8H2;1H. The van der Waals surface area contributed by atoms with E-state index in [0.29, 0.717) is 104 Å². The number of aromatic carboxylic acids is 2. The summed E-state index contributed by atoms with van der Waals surface area (Å²) >= 11 is 8.35. The molecule has 558 valence electrons. The molecule has 4 fully saturated rings. The number of methoxy groups -OCH3 is 3. The molecule has 2 saturated carbocycles. The summed E-state index contributed by atoms with van der Waals surface area (Å²) in [5.74, 6) is 0.220. The summed E-state index contributed by atoms with van der Waals surface area (Å²) in [6.45, 7) is 12.3. The first-order chi connectivity index (χ1) is 51.0. The summed E-state index contributed by atoms with van der Waals surface area (Å²) in [7, 11) is 4.74. The van der Waals surface area contributed by atoms with Gasteiger partial charge in [0, 0.05) is 125 Å². The monoisotopic (exact) mass is 1580 g/mol. The molecule has 106 heavy (non-hydrogen) atoms. The third-order valence-corrected chi connectivity index (χ3v) is 24.1. The van der Waals surface area contributed by atoms with Crippen molar-refractivity contribution in [1.82, 2.24) is 33.7 Å². The van der Waals surface area contributed by atoms with Crippen molar-refractivity contribution >= 4 is 104 Å². The number of benzene rings is 3. The Labute approximate surface area is 642 Å². The summed E-state index contributed by atoms with van der Waals surface area (Å²) in [5, 5.41) is 28.6. The number of nitrogens with zero attached hydrogens (tertiary/aromatic N) is 6. The van der Waals surface area contributed by atoms with Gasteiger partial charge in [-0.3, -0.25) is 14.4 Å². The number of fused-ring (bicyclic) bond motifs is 9. The minimum atomic E-state index is -0.966. The van der Waals surface area contributed by atoms with Gasteiger partial charge >= 0.3 is 23.9 Å². The number of hydrogen-bond donors (Lipinski definition) is 3. The third-order valence-electron chi connectivity index (χ3n) is 20.8. The van der Waals surface area contributed by atoms with Crippen molar-refractivity contribution < 1.29 is 67.5 Å². The third kappa shape index (κ3) is 15.7. The molecule has 21 nitrogen and oxygen atoms in total. The molecular weight excluding hydrogens is 1490 g/mol. The van der Waals surface area contributed by atoms with Crippen molar-refractivity contribution in [2.24, 2.45) is 11.8 Å². The molecule has 11 heterocycles. The number of carbonyl (C=O) groups is 7. The van der Waals surface area contributed by atoms with Crippen LogP contribution in [0, 0.1) is 11.8 Å². The number of hydrogen-bond acceptors (Lipinski definition) is 16. The van der Waals surface area contributed by atoms with E-state index < -0.39 is 23.9 Å². The number of carbonyl (C=O) groups excluding carboxylic acids is 5. The number of esters is 2. The first-order valence-electron chi connectivity index (χ1n) is 36.0. The SMILES string of the molecule is CCOC(=O)c1cc2c(cc1OC)CCn1c(C(=O)N3CCCN(C(=O)C4CCC4)CC3)cc(-c3cccs3)c1-2.CCOC(=O)c1cc2c(cc1OC)CCn1c(C(=O)O)cc(-c3cccs3)c1-2.COc1cc2c(cc1Br)-c1c(-c3cccs3)cc(C(=O)O)n1CC2.Cl.O=C(C1CCC1)N1CCCNCC1. The summed E-state index contributed by atoms with van der Waals surface area (Å²) in [5.41, 5.74) is 13.6. The molecule has 0 atom stereocenters. The number of carboxylic acid groups (broad SMARTS) is 2. The highest BCUT2D eigenvalue weighted by Crippen LogP contribution is 2.48. The number of halogens is 2. The maximum absolute atomic E-state index is 14.1. The lowest BCUT2D eigenvalue weighted by Gasteiger charge is -2.31. The van der Waals surface area contributed by atoms with Crippen LogP contribution in [0.1, 0.15) is 134 Å². The number of nitrogens with one attached hydrogen (secondary N) is 1. The van der Waals surface area contributed by atoms with Gasteiger partial charge < -0.3 is 67.6 Å². The second kappa shape index (κ2) is 34.3. The van der Waals surface area contributed by atoms with Gasteiger partial charge in [0.1, 0.15) is 45.5 Å². The molecule has 3 N–H and O–H groups in total. The Bertz CT molecular complexity index is 4720. The lowest BCUT2D eigenvalue weighted by molar-refractivity contribution is -0.138. The molecule has 9 aromatic rings. The maximum Gasteiger partial charge on any atom is 0.352 e. The molecular formula is C80H87BrClN7O14S3. The highest BCUT2D eigenvalue weighted by Gasteiger charge is 2.37. The molecule has 0 radical (unpaired) electrons. The van der Waals surface area contributed by atoms with Crippen molar-refractivity contribution in [2.45, 2.75) is 104 Å². The minimum absolute atomic E-state index is 0. The first-order valence-corrected chi connectivity index (χ1v) is 39.5. The van der Waals surface area contributed by atoms with Gasteiger partial charge in [-0.2, -0.15) is 0 Å². The van der Waals surface area contributed by atoms with Crippen LogP contribution in [0.15, 0.2) is 112 Å². The summed E-state index contributed by atoms with van der Waals surface area (Å²) in [6.07, 6.45) is 10.7. The second-order valence-corrected chi connectivity index (χ2v) is 30.5. The van der Waals surface area contributed by atoms with E-state index in [1.807, 2.05) is 107 Å². The molecule has 0 unspecified atom stereocenters. The number of amides is 3. The molecule has 2 saturated heterocycles. The van der Waals surface area contributed by atoms with Crippen molar-refractivity contribution in [3.05, 3.63) is 157 Å². The summed E-state index contributed by atoms with van der Waals surface area (Å²) in [4.78, 5) is 96.6. The second-order valence-electron chi connectivity index (χ2n) is 26.8. The van der Waals surface area contributed by atoms with Gasteiger partial charge in [-0.1, -0.05) is 31.0 Å². The van der Waals surface area contributed by atoms with Crippen LogP contribution in [0.4, 0.5) is 0 Å². The van der Waals surface area contributed by atoms with Gasteiger partial charge in [0.05, 0.1) is 56.1 Å². The molecule has 26 heteroatoms. The van der Waals surface area contributed by atoms with Gasteiger partial charge in [-0.05, 0) is 200 Å². The van der Waals surface area contributed by atoms with Crippen LogP contribution < -0.4 is 19.5 Å². The fourth-order valence-corrected chi connectivity index (χ4v) is 17.8. The number of aryl methyl sites for hydroxylation is 3. The van der Waals surface area contributed by atoms with Crippen molar-refractivity contribution in [3.63, 3.8) is 0 Å². The Kier molecular flexibility index (Phi) is 24.8. The Morgan fingerprint density at radius 3 is 1.26 bits per heavy atom. The predicted octanol–water partition coefficient (Wildman–Crippen LogP) is 15.4. The Hall–Kier alpha value is -8.98. The van der Waals surface area contributed by atoms with Crippen LogP contribution in [0.2, 0.25) is 0 Å². The van der Waals surface area contributed by atoms with E-state index in [2.05, 4.69) is 31.9 Å². The molecule has 5 aliphatic heterocycles. The summed E-state index contributed by atoms with van der Waals surface area (Å²) in [6, 6.07) is 29.0. The number of rotatable bonds is 15. The van der Waals surface area contributed by atoms with Crippen LogP contribution >= 0.6 is 62.3 Å². The topological polar surface area (TPSA) is 243 Å². The Morgan fingerprint density at radius 2 is 0.858 bits per heavy atom. The van der Waals surface area contributed by atoms with Gasteiger partial charge in [-0.25, -0.2) is 19.2 Å². The zero-order chi connectivity index (χ0) is 73.6. The smallest absolute Gasteiger partial charge is 0.352 e. The van der Waals surface area contributed by atoms with Crippen LogP contribution in [0.3, 0.4) is 0 Å². The molecule has 0 bridgehead atoms. The molecule has 6 aromatic heterocycles. The number of thiophene rings is 3. The largest absolute Gasteiger partial charge is 0.496 e. The summed E-state index contributed by atoms with van der Waals surface area (Å²) < 4.78 is 33.6. The van der Waals surface area contributed by atoms with Crippen LogP contribution in [0.5, 0.6) is 17.2 Å². The number of ether oxygens (including phenoxy) is 5. The Morgan fingerprint density at radius 1 is 0.462 bits per heavy atom. The van der Waals surface area contributed by atoms with E-state index >= 15 is 0 Å². The van der Waals surface area contributed by atoms with Crippen LogP contribution in [-0.4, -0.2) is 167 Å². The van der Waals surface area contributed by atoms with E-state index in [9.17, 15) is 43.8 Å². The van der Waals surface area contributed by atoms with Gasteiger partial charge in [0.2, 0.25) is 11.8 Å². The zero-order valence-electron chi connectivity index (χ0n) is 60.0. The molecule has 2 aliphatic carbocycles. The average Bonchev–Trinajstić information content (AvgIpc) is 1.58. The molecule has 16 rings (SSSR count). The highest BCUT2D eigenvalue weighted by molar-refractivity contribution is 9.10. The zero-order valence-corrected chi connectivity index (χ0v) is 64.9. The normalized spacial score (nSPS) is 15.5. The lowest BCUT2D eigenvalue weighted by Crippen LogP contribution is -2.42. The van der Waals surface area contributed by atoms with E-state index in [4.69, 9.17) is 23.7 Å². The van der Waals surface area contributed by atoms with E-state index in [1.165, 1.54) is 19.1 Å². The van der Waals surface area contributed by atoms with Crippen LogP contribution in [-0.2, 0) is 58.0 Å².